The Bertz CT molecular complexity index is 905. The fraction of sp³-hybridized carbons (Fsp3) is 0.167. The summed E-state index contributed by atoms with van der Waals surface area (Å²) < 4.78 is 10.9. The second kappa shape index (κ2) is 5.22. The van der Waals surface area contributed by atoms with Gasteiger partial charge in [-0.25, -0.2) is 0 Å². The minimum absolute atomic E-state index is 0.171. The van der Waals surface area contributed by atoms with Crippen molar-refractivity contribution in [3.8, 4) is 22.8 Å². The molecule has 22 heavy (non-hydrogen) atoms. The molecule has 1 aromatic heterocycles. The van der Waals surface area contributed by atoms with Crippen LogP contribution in [-0.4, -0.2) is 12.2 Å². The van der Waals surface area contributed by atoms with Gasteiger partial charge in [-0.3, -0.25) is 4.79 Å². The predicted octanol–water partition coefficient (Wildman–Crippen LogP) is 3.79. The number of fused-ring (bicyclic) bond motifs is 1. The molecule has 1 heterocycles. The van der Waals surface area contributed by atoms with Crippen molar-refractivity contribution in [1.82, 2.24) is 0 Å². The SMILES string of the molecule is COc1ccc(-c2oc3cc(C)cc(C)c3c(=O)c2O)cc1. The van der Waals surface area contributed by atoms with Crippen molar-refractivity contribution in [3.05, 3.63) is 57.7 Å². The molecule has 0 aliphatic carbocycles. The maximum absolute atomic E-state index is 12.4. The highest BCUT2D eigenvalue weighted by atomic mass is 16.5. The van der Waals surface area contributed by atoms with Gasteiger partial charge in [-0.2, -0.15) is 0 Å². The van der Waals surface area contributed by atoms with Crippen molar-refractivity contribution in [2.24, 2.45) is 0 Å². The molecule has 0 fully saturated rings. The fourth-order valence-electron chi connectivity index (χ4n) is 2.62. The molecule has 0 saturated carbocycles. The number of hydrogen-bond acceptors (Lipinski definition) is 4. The van der Waals surface area contributed by atoms with Crippen LogP contribution in [0.25, 0.3) is 22.3 Å². The van der Waals surface area contributed by atoms with E-state index in [4.69, 9.17) is 9.15 Å². The predicted molar refractivity (Wildman–Crippen MR) is 85.6 cm³/mol. The van der Waals surface area contributed by atoms with Gasteiger partial charge in [-0.05, 0) is 55.3 Å². The van der Waals surface area contributed by atoms with E-state index in [0.717, 1.165) is 11.1 Å². The van der Waals surface area contributed by atoms with E-state index in [-0.39, 0.29) is 11.5 Å². The number of methoxy groups -OCH3 is 1. The van der Waals surface area contributed by atoms with Gasteiger partial charge in [-0.15, -0.1) is 0 Å². The van der Waals surface area contributed by atoms with Gasteiger partial charge in [0.2, 0.25) is 11.2 Å². The monoisotopic (exact) mass is 296 g/mol. The Morgan fingerprint density at radius 3 is 2.41 bits per heavy atom. The Morgan fingerprint density at radius 2 is 1.77 bits per heavy atom. The van der Waals surface area contributed by atoms with E-state index in [1.165, 1.54) is 0 Å². The number of hydrogen-bond donors (Lipinski definition) is 1. The third-order valence-corrected chi connectivity index (χ3v) is 3.67. The molecule has 3 rings (SSSR count). The summed E-state index contributed by atoms with van der Waals surface area (Å²) in [6, 6.07) is 10.7. The van der Waals surface area contributed by atoms with Crippen LogP contribution in [0, 0.1) is 13.8 Å². The number of rotatable bonds is 2. The number of benzene rings is 2. The molecule has 0 bridgehead atoms. The van der Waals surface area contributed by atoms with Gasteiger partial charge in [0.15, 0.2) is 5.76 Å². The first kappa shape index (κ1) is 14.2. The number of aromatic hydroxyl groups is 1. The second-order valence-electron chi connectivity index (χ2n) is 5.29. The Labute approximate surface area is 127 Å². The zero-order chi connectivity index (χ0) is 15.9. The summed E-state index contributed by atoms with van der Waals surface area (Å²) in [5.74, 6) is 0.493. The summed E-state index contributed by atoms with van der Waals surface area (Å²) in [7, 11) is 1.58. The first-order valence-electron chi connectivity index (χ1n) is 6.92. The maximum Gasteiger partial charge on any atom is 0.235 e. The van der Waals surface area contributed by atoms with Gasteiger partial charge in [0.1, 0.15) is 11.3 Å². The molecule has 0 amide bonds. The lowest BCUT2D eigenvalue weighted by molar-refractivity contribution is 0.414. The van der Waals surface area contributed by atoms with Crippen LogP contribution in [0.15, 0.2) is 45.6 Å². The first-order valence-corrected chi connectivity index (χ1v) is 6.92. The lowest BCUT2D eigenvalue weighted by Gasteiger charge is -2.09. The van der Waals surface area contributed by atoms with Crippen LogP contribution in [0.5, 0.6) is 11.5 Å². The fourth-order valence-corrected chi connectivity index (χ4v) is 2.62. The summed E-state index contributed by atoms with van der Waals surface area (Å²) in [6.45, 7) is 3.77. The number of aryl methyl sites for hydroxylation is 2. The zero-order valence-corrected chi connectivity index (χ0v) is 12.6. The first-order chi connectivity index (χ1) is 10.5. The highest BCUT2D eigenvalue weighted by molar-refractivity contribution is 5.85. The average Bonchev–Trinajstić information content (AvgIpc) is 2.50. The van der Waals surface area contributed by atoms with Gasteiger partial charge < -0.3 is 14.3 Å². The van der Waals surface area contributed by atoms with Crippen LogP contribution in [0.1, 0.15) is 11.1 Å². The molecule has 0 aliphatic heterocycles. The molecule has 4 heteroatoms. The highest BCUT2D eigenvalue weighted by Gasteiger charge is 2.17. The lowest BCUT2D eigenvalue weighted by Crippen LogP contribution is -2.04. The smallest absolute Gasteiger partial charge is 0.235 e. The van der Waals surface area contributed by atoms with E-state index in [0.29, 0.717) is 22.3 Å². The molecule has 0 radical (unpaired) electrons. The third kappa shape index (κ3) is 2.22. The normalized spacial score (nSPS) is 10.9. The molecule has 0 spiro atoms. The standard InChI is InChI=1S/C18H16O4/c1-10-8-11(2)15-14(9-10)22-18(17(20)16(15)19)12-4-6-13(21-3)7-5-12/h4-9,20H,1-3H3. The molecule has 3 aromatic rings. The maximum atomic E-state index is 12.4. The Kier molecular flexibility index (Phi) is 3.37. The van der Waals surface area contributed by atoms with Gasteiger partial charge >= 0.3 is 0 Å². The highest BCUT2D eigenvalue weighted by Crippen LogP contribution is 2.32. The van der Waals surface area contributed by atoms with Crippen molar-refractivity contribution in [2.75, 3.05) is 7.11 Å². The van der Waals surface area contributed by atoms with Gasteiger partial charge in [-0.1, -0.05) is 6.07 Å². The average molecular weight is 296 g/mol. The Morgan fingerprint density at radius 1 is 1.09 bits per heavy atom. The van der Waals surface area contributed by atoms with Crippen molar-refractivity contribution in [3.63, 3.8) is 0 Å². The zero-order valence-electron chi connectivity index (χ0n) is 12.6. The molecule has 0 aliphatic rings. The summed E-state index contributed by atoms with van der Waals surface area (Å²) in [5, 5.41) is 10.6. The Balaban J connectivity index is 2.30. The Hall–Kier alpha value is -2.75. The van der Waals surface area contributed by atoms with Crippen LogP contribution in [-0.2, 0) is 0 Å². The van der Waals surface area contributed by atoms with E-state index in [2.05, 4.69) is 0 Å². The van der Waals surface area contributed by atoms with E-state index >= 15 is 0 Å². The quantitative estimate of drug-likeness (QED) is 0.781. The summed E-state index contributed by atoms with van der Waals surface area (Å²) in [6.07, 6.45) is 0. The van der Waals surface area contributed by atoms with E-state index in [1.54, 1.807) is 37.4 Å². The van der Waals surface area contributed by atoms with Crippen molar-refractivity contribution < 1.29 is 14.3 Å². The summed E-state index contributed by atoms with van der Waals surface area (Å²) >= 11 is 0. The summed E-state index contributed by atoms with van der Waals surface area (Å²) in [4.78, 5) is 12.4. The van der Waals surface area contributed by atoms with E-state index in [9.17, 15) is 9.90 Å². The van der Waals surface area contributed by atoms with Gasteiger partial charge in [0, 0.05) is 5.56 Å². The van der Waals surface area contributed by atoms with Crippen molar-refractivity contribution >= 4 is 11.0 Å². The van der Waals surface area contributed by atoms with Crippen LogP contribution in [0.4, 0.5) is 0 Å². The summed E-state index contributed by atoms with van der Waals surface area (Å²) in [5.41, 5.74) is 2.48. The van der Waals surface area contributed by atoms with Crippen LogP contribution in [0.3, 0.4) is 0 Å². The molecule has 4 nitrogen and oxygen atoms in total. The minimum Gasteiger partial charge on any atom is -0.502 e. The molecule has 0 unspecified atom stereocenters. The van der Waals surface area contributed by atoms with E-state index < -0.39 is 5.43 Å². The van der Waals surface area contributed by atoms with Crippen molar-refractivity contribution in [1.29, 1.82) is 0 Å². The molecule has 0 atom stereocenters. The topological polar surface area (TPSA) is 59.7 Å². The molecule has 2 aromatic carbocycles. The largest absolute Gasteiger partial charge is 0.502 e. The second-order valence-corrected chi connectivity index (χ2v) is 5.29. The lowest BCUT2D eigenvalue weighted by atomic mass is 10.0. The molecule has 0 saturated heterocycles. The third-order valence-electron chi connectivity index (χ3n) is 3.67. The molecular weight excluding hydrogens is 280 g/mol. The van der Waals surface area contributed by atoms with Gasteiger partial charge in [0.25, 0.3) is 0 Å². The molecule has 1 N–H and O–H groups in total. The van der Waals surface area contributed by atoms with E-state index in [1.807, 2.05) is 19.9 Å². The van der Waals surface area contributed by atoms with Crippen LogP contribution < -0.4 is 10.2 Å². The van der Waals surface area contributed by atoms with Crippen LogP contribution >= 0.6 is 0 Å². The van der Waals surface area contributed by atoms with Crippen molar-refractivity contribution in [2.45, 2.75) is 13.8 Å². The molecular formula is C18H16O4. The van der Waals surface area contributed by atoms with Crippen LogP contribution in [0.2, 0.25) is 0 Å². The minimum atomic E-state index is -0.412. The van der Waals surface area contributed by atoms with Gasteiger partial charge in [0.05, 0.1) is 12.5 Å². The molecule has 112 valence electrons. The number of ether oxygens (including phenoxy) is 1.